The molecule has 0 aliphatic rings. The summed E-state index contributed by atoms with van der Waals surface area (Å²) < 4.78 is 0. The number of halogens is 2. The van der Waals surface area contributed by atoms with Crippen molar-refractivity contribution in [2.45, 2.75) is 26.2 Å². The van der Waals surface area contributed by atoms with E-state index in [1.54, 1.807) is 12.1 Å². The molecule has 100 valence electrons. The van der Waals surface area contributed by atoms with E-state index >= 15 is 0 Å². The Kier molecular flexibility index (Phi) is 3.45. The molecule has 0 amide bonds. The smallest absolute Gasteiger partial charge is 0.123 e. The van der Waals surface area contributed by atoms with Gasteiger partial charge in [-0.25, -0.2) is 0 Å². The fourth-order valence-electron chi connectivity index (χ4n) is 1.86. The number of aromatic nitrogens is 1. The monoisotopic (exact) mass is 295 g/mol. The van der Waals surface area contributed by atoms with E-state index in [0.717, 1.165) is 5.69 Å². The molecule has 2 aromatic rings. The van der Waals surface area contributed by atoms with Crippen LogP contribution in [0.4, 0.5) is 0 Å². The number of nitrogen functional groups attached to an aromatic ring is 1. The molecule has 0 spiro atoms. The Morgan fingerprint density at radius 2 is 1.84 bits per heavy atom. The molecule has 0 bridgehead atoms. The van der Waals surface area contributed by atoms with Crippen molar-refractivity contribution in [2.75, 3.05) is 0 Å². The molecule has 0 saturated carbocycles. The van der Waals surface area contributed by atoms with Gasteiger partial charge in [0.15, 0.2) is 0 Å². The molecule has 0 atom stereocenters. The van der Waals surface area contributed by atoms with Crippen molar-refractivity contribution in [3.05, 3.63) is 39.5 Å². The van der Waals surface area contributed by atoms with Gasteiger partial charge in [0, 0.05) is 27.1 Å². The molecule has 0 saturated heterocycles. The Balaban J connectivity index is 2.92. The van der Waals surface area contributed by atoms with E-state index in [2.05, 4.69) is 25.8 Å². The lowest BCUT2D eigenvalue weighted by Crippen LogP contribution is -2.18. The van der Waals surface area contributed by atoms with Gasteiger partial charge in [-0.15, -0.1) is 0 Å². The predicted octanol–water partition coefficient (Wildman–Crippen LogP) is 4.12. The Labute approximate surface area is 122 Å². The maximum Gasteiger partial charge on any atom is 0.123 e. The minimum absolute atomic E-state index is 0.0174. The van der Waals surface area contributed by atoms with Crippen LogP contribution in [-0.4, -0.2) is 10.8 Å². The van der Waals surface area contributed by atoms with Crippen LogP contribution < -0.4 is 5.73 Å². The van der Waals surface area contributed by atoms with Gasteiger partial charge in [0.25, 0.3) is 0 Å². The zero-order valence-electron chi connectivity index (χ0n) is 11.0. The van der Waals surface area contributed by atoms with Crippen LogP contribution in [-0.2, 0) is 5.41 Å². The van der Waals surface area contributed by atoms with Gasteiger partial charge in [-0.2, -0.15) is 0 Å². The second-order valence-electron chi connectivity index (χ2n) is 5.50. The number of benzene rings is 1. The van der Waals surface area contributed by atoms with E-state index in [1.165, 1.54) is 0 Å². The number of hydrogen-bond donors (Lipinski definition) is 2. The van der Waals surface area contributed by atoms with Gasteiger partial charge >= 0.3 is 0 Å². The molecule has 0 radical (unpaired) electrons. The lowest BCUT2D eigenvalue weighted by molar-refractivity contribution is 0.571. The van der Waals surface area contributed by atoms with Crippen LogP contribution in [0.3, 0.4) is 0 Å². The third kappa shape index (κ3) is 2.67. The molecule has 3 N–H and O–H groups in total. The van der Waals surface area contributed by atoms with Crippen LogP contribution >= 0.6 is 23.2 Å². The number of nitrogens with zero attached hydrogens (tertiary/aromatic N) is 1. The average molecular weight is 296 g/mol. The van der Waals surface area contributed by atoms with Crippen molar-refractivity contribution >= 4 is 39.9 Å². The summed E-state index contributed by atoms with van der Waals surface area (Å²) in [4.78, 5) is 4.59. The molecule has 5 heteroatoms. The summed E-state index contributed by atoms with van der Waals surface area (Å²) >= 11 is 12.2. The number of hydrogen-bond acceptors (Lipinski definition) is 2. The maximum absolute atomic E-state index is 7.72. The fraction of sp³-hybridized carbons (Fsp3) is 0.286. The van der Waals surface area contributed by atoms with Gasteiger partial charge in [-0.1, -0.05) is 44.0 Å². The quantitative estimate of drug-likeness (QED) is 0.614. The summed E-state index contributed by atoms with van der Waals surface area (Å²) in [5.74, 6) is -0.0174. The average Bonchev–Trinajstić information content (AvgIpc) is 2.25. The molecule has 19 heavy (non-hydrogen) atoms. The van der Waals surface area contributed by atoms with Gasteiger partial charge < -0.3 is 5.73 Å². The normalized spacial score (nSPS) is 11.8. The molecule has 2 rings (SSSR count). The zero-order valence-corrected chi connectivity index (χ0v) is 12.5. The zero-order chi connectivity index (χ0) is 14.4. The Morgan fingerprint density at radius 1 is 1.21 bits per heavy atom. The second kappa shape index (κ2) is 4.66. The van der Waals surface area contributed by atoms with Gasteiger partial charge in [-0.3, -0.25) is 10.4 Å². The first-order chi connectivity index (χ1) is 8.70. The third-order valence-electron chi connectivity index (χ3n) is 2.89. The Bertz CT molecular complexity index is 672. The molecule has 0 fully saturated rings. The summed E-state index contributed by atoms with van der Waals surface area (Å²) in [6.07, 6.45) is 0. The largest absolute Gasteiger partial charge is 0.384 e. The number of pyridine rings is 1. The maximum atomic E-state index is 7.72. The van der Waals surface area contributed by atoms with Crippen LogP contribution in [0.15, 0.2) is 18.2 Å². The first kappa shape index (κ1) is 14.1. The summed E-state index contributed by atoms with van der Waals surface area (Å²) in [6.45, 7) is 6.15. The lowest BCUT2D eigenvalue weighted by atomic mass is 9.89. The highest BCUT2D eigenvalue weighted by atomic mass is 35.5. The Hall–Kier alpha value is -1.32. The number of nitrogens with one attached hydrogen (secondary N) is 1. The van der Waals surface area contributed by atoms with Crippen molar-refractivity contribution in [1.82, 2.24) is 4.98 Å². The van der Waals surface area contributed by atoms with E-state index in [0.29, 0.717) is 26.5 Å². The highest BCUT2D eigenvalue weighted by Crippen LogP contribution is 2.32. The molecule has 0 aliphatic carbocycles. The van der Waals surface area contributed by atoms with Gasteiger partial charge in [0.2, 0.25) is 0 Å². The van der Waals surface area contributed by atoms with Crippen LogP contribution in [0.5, 0.6) is 0 Å². The molecule has 3 nitrogen and oxygen atoms in total. The first-order valence-electron chi connectivity index (χ1n) is 5.85. The van der Waals surface area contributed by atoms with Crippen LogP contribution in [0.25, 0.3) is 10.9 Å². The van der Waals surface area contributed by atoms with E-state index in [1.807, 2.05) is 6.07 Å². The second-order valence-corrected chi connectivity index (χ2v) is 6.35. The Morgan fingerprint density at radius 3 is 2.37 bits per heavy atom. The highest BCUT2D eigenvalue weighted by Gasteiger charge is 2.20. The summed E-state index contributed by atoms with van der Waals surface area (Å²) in [5.41, 5.74) is 7.59. The third-order valence-corrected chi connectivity index (χ3v) is 3.40. The van der Waals surface area contributed by atoms with Crippen molar-refractivity contribution in [2.24, 2.45) is 5.73 Å². The topological polar surface area (TPSA) is 62.8 Å². The van der Waals surface area contributed by atoms with Gasteiger partial charge in [0.1, 0.15) is 5.84 Å². The number of fused-ring (bicyclic) bond motifs is 1. The van der Waals surface area contributed by atoms with E-state index in [-0.39, 0.29) is 11.3 Å². The molecular weight excluding hydrogens is 281 g/mol. The summed E-state index contributed by atoms with van der Waals surface area (Å²) in [5, 5.41) is 9.40. The molecule has 1 aromatic carbocycles. The van der Waals surface area contributed by atoms with Crippen molar-refractivity contribution in [1.29, 1.82) is 5.41 Å². The minimum atomic E-state index is -0.151. The highest BCUT2D eigenvalue weighted by molar-refractivity contribution is 6.38. The standard InChI is InChI=1S/C14H15Cl2N3/c1-14(2,3)11-6-9(13(17)18)8-4-7(15)5-10(16)12(8)19-11/h4-6H,1-3H3,(H3,17,18). The summed E-state index contributed by atoms with van der Waals surface area (Å²) in [6, 6.07) is 5.21. The van der Waals surface area contributed by atoms with Crippen molar-refractivity contribution in [3.8, 4) is 0 Å². The minimum Gasteiger partial charge on any atom is -0.384 e. The lowest BCUT2D eigenvalue weighted by Gasteiger charge is -2.20. The molecule has 0 aliphatic heterocycles. The van der Waals surface area contributed by atoms with Crippen LogP contribution in [0, 0.1) is 5.41 Å². The van der Waals surface area contributed by atoms with E-state index < -0.39 is 0 Å². The number of nitrogens with two attached hydrogens (primary N) is 1. The van der Waals surface area contributed by atoms with Crippen molar-refractivity contribution < 1.29 is 0 Å². The van der Waals surface area contributed by atoms with Crippen LogP contribution in [0.2, 0.25) is 10.0 Å². The molecule has 1 aromatic heterocycles. The van der Waals surface area contributed by atoms with E-state index in [9.17, 15) is 0 Å². The summed E-state index contributed by atoms with van der Waals surface area (Å²) in [7, 11) is 0. The number of rotatable bonds is 1. The van der Waals surface area contributed by atoms with Gasteiger partial charge in [-0.05, 0) is 18.2 Å². The molecule has 1 heterocycles. The SMILES string of the molecule is CC(C)(C)c1cc(C(=N)N)c2cc(Cl)cc(Cl)c2n1. The van der Waals surface area contributed by atoms with E-state index in [4.69, 9.17) is 34.3 Å². The fourth-order valence-corrected chi connectivity index (χ4v) is 2.39. The molecule has 0 unspecified atom stereocenters. The van der Waals surface area contributed by atoms with Gasteiger partial charge in [0.05, 0.1) is 10.5 Å². The molecular formula is C14H15Cl2N3. The van der Waals surface area contributed by atoms with Crippen molar-refractivity contribution in [3.63, 3.8) is 0 Å². The van der Waals surface area contributed by atoms with Crippen LogP contribution in [0.1, 0.15) is 32.0 Å². The first-order valence-corrected chi connectivity index (χ1v) is 6.60. The predicted molar refractivity (Wildman–Crippen MR) is 81.5 cm³/mol. The number of amidine groups is 1.